The third-order valence-corrected chi connectivity index (χ3v) is 2.08. The van der Waals surface area contributed by atoms with E-state index in [1.807, 2.05) is 6.07 Å². The van der Waals surface area contributed by atoms with Gasteiger partial charge >= 0.3 is 12.0 Å². The predicted molar refractivity (Wildman–Crippen MR) is 61.8 cm³/mol. The second-order valence-electron chi connectivity index (χ2n) is 3.33. The van der Waals surface area contributed by atoms with Crippen LogP contribution in [0.3, 0.4) is 0 Å². The molecule has 0 fully saturated rings. The number of anilines is 1. The number of amides is 2. The lowest BCUT2D eigenvalue weighted by atomic mass is 10.2. The first-order valence-electron chi connectivity index (χ1n) is 4.98. The Morgan fingerprint density at radius 2 is 2.06 bits per heavy atom. The molecule has 2 amide bonds. The lowest BCUT2D eigenvalue weighted by Gasteiger charge is -2.13. The number of aliphatic hydroxyl groups is 1. The van der Waals surface area contributed by atoms with Gasteiger partial charge in [-0.2, -0.15) is 5.26 Å². The fourth-order valence-electron chi connectivity index (χ4n) is 1.19. The molecule has 4 N–H and O–H groups in total. The van der Waals surface area contributed by atoms with Crippen LogP contribution in [0.1, 0.15) is 5.56 Å². The number of benzene rings is 1. The number of rotatable bonds is 4. The van der Waals surface area contributed by atoms with Crippen LogP contribution < -0.4 is 10.6 Å². The molecule has 94 valence electrons. The monoisotopic (exact) mass is 249 g/mol. The highest BCUT2D eigenvalue weighted by Gasteiger charge is 2.18. The molecule has 1 rings (SSSR count). The summed E-state index contributed by atoms with van der Waals surface area (Å²) in [5, 5.41) is 30.6. The van der Waals surface area contributed by atoms with Gasteiger partial charge in [-0.3, -0.25) is 0 Å². The SMILES string of the molecule is N#Cc1ccccc1NC(=O)NC(CO)C(=O)O. The molecule has 0 radical (unpaired) electrons. The molecule has 1 atom stereocenters. The Bertz CT molecular complexity index is 495. The van der Waals surface area contributed by atoms with E-state index in [1.165, 1.54) is 12.1 Å². The van der Waals surface area contributed by atoms with Gasteiger partial charge in [-0.25, -0.2) is 9.59 Å². The Kier molecular flexibility index (Phi) is 4.66. The van der Waals surface area contributed by atoms with Crippen molar-refractivity contribution in [2.45, 2.75) is 6.04 Å². The van der Waals surface area contributed by atoms with Crippen molar-refractivity contribution in [2.75, 3.05) is 11.9 Å². The number of aliphatic carboxylic acids is 1. The van der Waals surface area contributed by atoms with E-state index in [4.69, 9.17) is 15.5 Å². The quantitative estimate of drug-likeness (QED) is 0.603. The van der Waals surface area contributed by atoms with Gasteiger partial charge in [-0.05, 0) is 12.1 Å². The summed E-state index contributed by atoms with van der Waals surface area (Å²) in [4.78, 5) is 22.0. The lowest BCUT2D eigenvalue weighted by Crippen LogP contribution is -2.45. The number of carbonyl (C=O) groups excluding carboxylic acids is 1. The second kappa shape index (κ2) is 6.22. The van der Waals surface area contributed by atoms with E-state index in [0.717, 1.165) is 0 Å². The molecule has 0 aromatic heterocycles. The van der Waals surface area contributed by atoms with Crippen LogP contribution in [0.15, 0.2) is 24.3 Å². The number of para-hydroxylation sites is 1. The lowest BCUT2D eigenvalue weighted by molar-refractivity contribution is -0.140. The van der Waals surface area contributed by atoms with Gasteiger partial charge in [0.05, 0.1) is 17.9 Å². The molecule has 0 aliphatic heterocycles. The number of nitrogens with one attached hydrogen (secondary N) is 2. The zero-order valence-electron chi connectivity index (χ0n) is 9.25. The van der Waals surface area contributed by atoms with Crippen LogP contribution in [0.4, 0.5) is 10.5 Å². The van der Waals surface area contributed by atoms with Crippen LogP contribution in [-0.4, -0.2) is 34.9 Å². The first kappa shape index (κ1) is 13.5. The standard InChI is InChI=1S/C11H11N3O4/c12-5-7-3-1-2-4-8(7)13-11(18)14-9(6-15)10(16)17/h1-4,9,15H,6H2,(H,16,17)(H2,13,14,18). The fourth-order valence-corrected chi connectivity index (χ4v) is 1.19. The Morgan fingerprint density at radius 1 is 1.39 bits per heavy atom. The molecule has 1 aromatic rings. The number of hydrogen-bond donors (Lipinski definition) is 4. The number of aliphatic hydroxyl groups excluding tert-OH is 1. The molecule has 0 aliphatic carbocycles. The van der Waals surface area contributed by atoms with Crippen LogP contribution in [0.2, 0.25) is 0 Å². The fraction of sp³-hybridized carbons (Fsp3) is 0.182. The zero-order valence-corrected chi connectivity index (χ0v) is 9.25. The van der Waals surface area contributed by atoms with E-state index in [-0.39, 0.29) is 11.3 Å². The Labute approximate surface area is 103 Å². The summed E-state index contributed by atoms with van der Waals surface area (Å²) in [5.41, 5.74) is 0.517. The van der Waals surface area contributed by atoms with Crippen molar-refractivity contribution in [3.8, 4) is 6.07 Å². The van der Waals surface area contributed by atoms with E-state index in [9.17, 15) is 9.59 Å². The summed E-state index contributed by atoms with van der Waals surface area (Å²) in [6, 6.07) is 5.96. The van der Waals surface area contributed by atoms with Crippen molar-refractivity contribution in [3.63, 3.8) is 0 Å². The number of carboxylic acid groups (broad SMARTS) is 1. The molecule has 0 spiro atoms. The number of urea groups is 1. The van der Waals surface area contributed by atoms with Gasteiger partial charge in [0.2, 0.25) is 0 Å². The smallest absolute Gasteiger partial charge is 0.328 e. The second-order valence-corrected chi connectivity index (χ2v) is 3.33. The van der Waals surface area contributed by atoms with Gasteiger partial charge in [0, 0.05) is 0 Å². The Hall–Kier alpha value is -2.59. The van der Waals surface area contributed by atoms with Crippen molar-refractivity contribution in [1.29, 1.82) is 5.26 Å². The number of nitrogens with zero attached hydrogens (tertiary/aromatic N) is 1. The third-order valence-electron chi connectivity index (χ3n) is 2.08. The zero-order chi connectivity index (χ0) is 13.5. The topological polar surface area (TPSA) is 122 Å². The minimum atomic E-state index is -1.39. The molecule has 0 saturated heterocycles. The van der Waals surface area contributed by atoms with Gasteiger partial charge in [-0.1, -0.05) is 12.1 Å². The summed E-state index contributed by atoms with van der Waals surface area (Å²) in [7, 11) is 0. The highest BCUT2D eigenvalue weighted by molar-refractivity contribution is 5.93. The van der Waals surface area contributed by atoms with Crippen molar-refractivity contribution in [1.82, 2.24) is 5.32 Å². The normalized spacial score (nSPS) is 11.1. The summed E-state index contributed by atoms with van der Waals surface area (Å²) in [6.45, 7) is -0.720. The summed E-state index contributed by atoms with van der Waals surface area (Å²) < 4.78 is 0. The van der Waals surface area contributed by atoms with Crippen LogP contribution >= 0.6 is 0 Å². The summed E-state index contributed by atoms with van der Waals surface area (Å²) in [6.07, 6.45) is 0. The molecular formula is C11H11N3O4. The number of carbonyl (C=O) groups is 2. The Morgan fingerprint density at radius 3 is 2.61 bits per heavy atom. The first-order valence-corrected chi connectivity index (χ1v) is 4.98. The molecule has 0 aliphatic rings. The van der Waals surface area contributed by atoms with Crippen LogP contribution in [0.25, 0.3) is 0 Å². The molecule has 0 saturated carbocycles. The van der Waals surface area contributed by atoms with Crippen LogP contribution in [-0.2, 0) is 4.79 Å². The molecule has 1 aromatic carbocycles. The predicted octanol–water partition coefficient (Wildman–Crippen LogP) is 0.125. The largest absolute Gasteiger partial charge is 0.480 e. The maximum atomic E-state index is 11.4. The first-order chi connectivity index (χ1) is 8.58. The highest BCUT2D eigenvalue weighted by atomic mass is 16.4. The molecular weight excluding hydrogens is 238 g/mol. The van der Waals surface area contributed by atoms with E-state index >= 15 is 0 Å². The van der Waals surface area contributed by atoms with Crippen molar-refractivity contribution in [2.24, 2.45) is 0 Å². The number of hydrogen-bond acceptors (Lipinski definition) is 4. The molecule has 7 nitrogen and oxygen atoms in total. The van der Waals surface area contributed by atoms with Gasteiger partial charge < -0.3 is 20.8 Å². The number of nitriles is 1. The maximum absolute atomic E-state index is 11.4. The van der Waals surface area contributed by atoms with Crippen molar-refractivity contribution in [3.05, 3.63) is 29.8 Å². The minimum Gasteiger partial charge on any atom is -0.480 e. The van der Waals surface area contributed by atoms with E-state index < -0.39 is 24.6 Å². The van der Waals surface area contributed by atoms with E-state index in [2.05, 4.69) is 10.6 Å². The molecule has 0 bridgehead atoms. The molecule has 0 heterocycles. The van der Waals surface area contributed by atoms with E-state index in [1.54, 1.807) is 12.1 Å². The third kappa shape index (κ3) is 3.47. The van der Waals surface area contributed by atoms with E-state index in [0.29, 0.717) is 0 Å². The maximum Gasteiger partial charge on any atom is 0.328 e. The average Bonchev–Trinajstić information content (AvgIpc) is 2.36. The Balaban J connectivity index is 2.71. The van der Waals surface area contributed by atoms with Gasteiger partial charge in [0.15, 0.2) is 6.04 Å². The molecule has 1 unspecified atom stereocenters. The van der Waals surface area contributed by atoms with Crippen molar-refractivity contribution < 1.29 is 19.8 Å². The number of carboxylic acids is 1. The van der Waals surface area contributed by atoms with Gasteiger partial charge in [-0.15, -0.1) is 0 Å². The molecule has 18 heavy (non-hydrogen) atoms. The van der Waals surface area contributed by atoms with Crippen LogP contribution in [0.5, 0.6) is 0 Å². The van der Waals surface area contributed by atoms with Gasteiger partial charge in [0.25, 0.3) is 0 Å². The van der Waals surface area contributed by atoms with Gasteiger partial charge in [0.1, 0.15) is 6.07 Å². The minimum absolute atomic E-state index is 0.253. The average molecular weight is 249 g/mol. The van der Waals surface area contributed by atoms with Crippen molar-refractivity contribution >= 4 is 17.7 Å². The van der Waals surface area contributed by atoms with Crippen LogP contribution in [0, 0.1) is 11.3 Å². The molecule has 7 heteroatoms. The summed E-state index contributed by atoms with van der Waals surface area (Å²) >= 11 is 0. The summed E-state index contributed by atoms with van der Waals surface area (Å²) in [5.74, 6) is -1.35. The highest BCUT2D eigenvalue weighted by Crippen LogP contribution is 2.12.